The van der Waals surface area contributed by atoms with Crippen molar-refractivity contribution in [3.8, 4) is 11.4 Å². The second-order valence-electron chi connectivity index (χ2n) is 7.56. The molecule has 1 aliphatic rings. The number of hydrogen-bond donors (Lipinski definition) is 2. The molecule has 1 aromatic heterocycles. The molecule has 0 bridgehead atoms. The monoisotopic (exact) mass is 445 g/mol. The Kier molecular flexibility index (Phi) is 5.36. The van der Waals surface area contributed by atoms with Gasteiger partial charge in [0.05, 0.1) is 6.04 Å². The molecule has 1 amide bonds. The van der Waals surface area contributed by atoms with Crippen molar-refractivity contribution in [3.05, 3.63) is 95.8 Å². The summed E-state index contributed by atoms with van der Waals surface area (Å²) < 4.78 is 15.4. The Morgan fingerprint density at radius 1 is 1.03 bits per heavy atom. The highest BCUT2D eigenvalue weighted by Crippen LogP contribution is 2.39. The number of benzene rings is 3. The van der Waals surface area contributed by atoms with E-state index in [0.717, 1.165) is 22.4 Å². The van der Waals surface area contributed by atoms with E-state index in [2.05, 4.69) is 20.9 Å². The van der Waals surface area contributed by atoms with Gasteiger partial charge in [-0.25, -0.2) is 9.07 Å². The molecule has 6 nitrogen and oxygen atoms in total. The van der Waals surface area contributed by atoms with Crippen LogP contribution in [0.15, 0.2) is 84.0 Å². The molecule has 0 saturated carbocycles. The van der Waals surface area contributed by atoms with E-state index in [1.54, 1.807) is 16.8 Å². The van der Waals surface area contributed by atoms with Crippen molar-refractivity contribution in [2.24, 2.45) is 0 Å². The average Bonchev–Trinajstić information content (AvgIpc) is 3.22. The lowest BCUT2D eigenvalue weighted by atomic mass is 10.0. The minimum Gasteiger partial charge on any atom is -0.325 e. The molecule has 3 aromatic carbocycles. The fraction of sp³-hybridized carbons (Fsp3) is 0.125. The first-order valence-electron chi connectivity index (χ1n) is 10.2. The van der Waals surface area contributed by atoms with E-state index in [1.807, 2.05) is 61.5 Å². The molecule has 0 spiro atoms. The van der Waals surface area contributed by atoms with Crippen LogP contribution in [-0.2, 0) is 4.79 Å². The van der Waals surface area contributed by atoms with Crippen molar-refractivity contribution in [2.45, 2.75) is 23.4 Å². The number of carbonyl (C=O) groups is 1. The lowest BCUT2D eigenvalue weighted by Gasteiger charge is -2.33. The zero-order chi connectivity index (χ0) is 22.1. The Hall–Kier alpha value is -3.65. The Labute approximate surface area is 188 Å². The predicted molar refractivity (Wildman–Crippen MR) is 123 cm³/mol. The molecule has 0 fully saturated rings. The third-order valence-electron chi connectivity index (χ3n) is 5.24. The highest BCUT2D eigenvalue weighted by atomic mass is 32.2. The van der Waals surface area contributed by atoms with Crippen LogP contribution < -0.4 is 10.7 Å². The van der Waals surface area contributed by atoms with Crippen LogP contribution in [0.1, 0.15) is 17.2 Å². The van der Waals surface area contributed by atoms with E-state index in [4.69, 9.17) is 0 Å². The normalized spacial score (nSPS) is 17.3. The van der Waals surface area contributed by atoms with E-state index in [0.29, 0.717) is 11.0 Å². The van der Waals surface area contributed by atoms with Crippen LogP contribution in [0.5, 0.6) is 0 Å². The number of halogens is 1. The lowest BCUT2D eigenvalue weighted by molar-refractivity contribution is -0.116. The van der Waals surface area contributed by atoms with Gasteiger partial charge < -0.3 is 10.7 Å². The molecule has 160 valence electrons. The Balaban J connectivity index is 1.51. The molecule has 0 unspecified atom stereocenters. The van der Waals surface area contributed by atoms with E-state index in [9.17, 15) is 9.18 Å². The van der Waals surface area contributed by atoms with E-state index in [-0.39, 0.29) is 11.7 Å². The van der Waals surface area contributed by atoms with Crippen LogP contribution in [0.25, 0.3) is 11.4 Å². The summed E-state index contributed by atoms with van der Waals surface area (Å²) in [5, 5.41) is 11.7. The number of anilines is 1. The Bertz CT molecular complexity index is 1260. The molecule has 1 aliphatic heterocycles. The van der Waals surface area contributed by atoms with E-state index in [1.165, 1.54) is 23.9 Å². The molecule has 32 heavy (non-hydrogen) atoms. The predicted octanol–water partition coefficient (Wildman–Crippen LogP) is 4.79. The number of hydrogen-bond acceptors (Lipinski definition) is 5. The highest BCUT2D eigenvalue weighted by molar-refractivity contribution is 8.00. The summed E-state index contributed by atoms with van der Waals surface area (Å²) in [5.41, 5.74) is 6.87. The number of aromatic nitrogens is 3. The number of nitrogens with one attached hydrogen (secondary N) is 2. The molecular formula is C24H20FN5OS. The van der Waals surface area contributed by atoms with Gasteiger partial charge in [-0.3, -0.25) is 4.79 Å². The summed E-state index contributed by atoms with van der Waals surface area (Å²) in [7, 11) is 0. The highest BCUT2D eigenvalue weighted by Gasteiger charge is 2.38. The van der Waals surface area contributed by atoms with Crippen LogP contribution >= 0.6 is 11.8 Å². The molecule has 8 heteroatoms. The van der Waals surface area contributed by atoms with Gasteiger partial charge >= 0.3 is 0 Å². The zero-order valence-corrected chi connectivity index (χ0v) is 18.0. The molecule has 2 heterocycles. The molecule has 2 atom stereocenters. The summed E-state index contributed by atoms with van der Waals surface area (Å²) >= 11 is 1.33. The molecular weight excluding hydrogens is 425 g/mol. The first kappa shape index (κ1) is 20.3. The molecule has 0 saturated heterocycles. The third-order valence-corrected chi connectivity index (χ3v) is 6.46. The standard InChI is InChI=1S/C24H20FN5OS/c1-15-6-5-9-19(14-15)26-23(31)21-20(16-10-12-18(25)13-11-16)29-30-22(27-28-24(30)32-21)17-7-3-2-4-8-17/h2-14,20-21,29H,1H3,(H,26,31)/t20-,21-/m0/s1. The van der Waals surface area contributed by atoms with Crippen LogP contribution in [0.4, 0.5) is 10.1 Å². The summed E-state index contributed by atoms with van der Waals surface area (Å²) in [6.07, 6.45) is 0. The third kappa shape index (κ3) is 3.97. The smallest absolute Gasteiger partial charge is 0.240 e. The largest absolute Gasteiger partial charge is 0.325 e. The number of rotatable bonds is 4. The molecule has 2 N–H and O–H groups in total. The number of nitrogens with zero attached hydrogens (tertiary/aromatic N) is 3. The number of carbonyl (C=O) groups excluding carboxylic acids is 1. The quantitative estimate of drug-likeness (QED) is 0.473. The fourth-order valence-corrected chi connectivity index (χ4v) is 4.77. The average molecular weight is 446 g/mol. The maximum absolute atomic E-state index is 13.6. The minimum absolute atomic E-state index is 0.169. The maximum atomic E-state index is 13.6. The van der Waals surface area contributed by atoms with Crippen molar-refractivity contribution in [1.29, 1.82) is 0 Å². The van der Waals surface area contributed by atoms with Gasteiger partial charge in [0, 0.05) is 11.3 Å². The van der Waals surface area contributed by atoms with Crippen LogP contribution in [0.3, 0.4) is 0 Å². The zero-order valence-electron chi connectivity index (χ0n) is 17.2. The van der Waals surface area contributed by atoms with Crippen molar-refractivity contribution >= 4 is 23.4 Å². The fourth-order valence-electron chi connectivity index (χ4n) is 3.69. The van der Waals surface area contributed by atoms with Crippen LogP contribution in [0, 0.1) is 12.7 Å². The van der Waals surface area contributed by atoms with Gasteiger partial charge in [0.1, 0.15) is 11.1 Å². The van der Waals surface area contributed by atoms with E-state index < -0.39 is 11.3 Å². The molecule has 4 aromatic rings. The number of fused-ring (bicyclic) bond motifs is 1. The van der Waals surface area contributed by atoms with Gasteiger partial charge in [0.15, 0.2) is 5.82 Å². The van der Waals surface area contributed by atoms with Crippen molar-refractivity contribution in [3.63, 3.8) is 0 Å². The molecule has 0 radical (unpaired) electrons. The van der Waals surface area contributed by atoms with Gasteiger partial charge in [-0.15, -0.1) is 10.2 Å². The molecule has 5 rings (SSSR count). The van der Waals surface area contributed by atoms with Crippen molar-refractivity contribution in [1.82, 2.24) is 14.9 Å². The summed E-state index contributed by atoms with van der Waals surface area (Å²) in [4.78, 5) is 13.3. The Morgan fingerprint density at radius 2 is 1.81 bits per heavy atom. The Morgan fingerprint density at radius 3 is 2.56 bits per heavy atom. The lowest BCUT2D eigenvalue weighted by Crippen LogP contribution is -2.41. The summed E-state index contributed by atoms with van der Waals surface area (Å²) in [6.45, 7) is 1.97. The van der Waals surface area contributed by atoms with Crippen molar-refractivity contribution in [2.75, 3.05) is 10.7 Å². The minimum atomic E-state index is -0.540. The topological polar surface area (TPSA) is 71.8 Å². The van der Waals surface area contributed by atoms with Crippen LogP contribution in [0.2, 0.25) is 0 Å². The van der Waals surface area contributed by atoms with Gasteiger partial charge in [0.25, 0.3) is 0 Å². The van der Waals surface area contributed by atoms with E-state index >= 15 is 0 Å². The van der Waals surface area contributed by atoms with Crippen LogP contribution in [-0.4, -0.2) is 26.0 Å². The number of thioether (sulfide) groups is 1. The van der Waals surface area contributed by atoms with Gasteiger partial charge in [-0.05, 0) is 42.3 Å². The SMILES string of the molecule is Cc1cccc(NC(=O)[C@H]2Sc3nnc(-c4ccccc4)n3N[C@H]2c2ccc(F)cc2)c1. The summed E-state index contributed by atoms with van der Waals surface area (Å²) in [6, 6.07) is 23.1. The first-order chi connectivity index (χ1) is 15.6. The second-order valence-corrected chi connectivity index (χ2v) is 8.67. The van der Waals surface area contributed by atoms with Gasteiger partial charge in [0.2, 0.25) is 11.1 Å². The van der Waals surface area contributed by atoms with Crippen molar-refractivity contribution < 1.29 is 9.18 Å². The second kappa shape index (κ2) is 8.47. The number of amides is 1. The summed E-state index contributed by atoms with van der Waals surface area (Å²) in [5.74, 6) is 0.156. The number of aryl methyl sites for hydroxylation is 1. The van der Waals surface area contributed by atoms with Gasteiger partial charge in [-0.1, -0.05) is 66.4 Å². The van der Waals surface area contributed by atoms with Gasteiger partial charge in [-0.2, -0.15) is 0 Å². The molecule has 0 aliphatic carbocycles. The first-order valence-corrected chi connectivity index (χ1v) is 11.0. The maximum Gasteiger partial charge on any atom is 0.240 e.